The highest BCUT2D eigenvalue weighted by Crippen LogP contribution is 2.57. The number of nitrogens with two attached hydrogens (primary N) is 2. The quantitative estimate of drug-likeness (QED) is 0.204. The van der Waals surface area contributed by atoms with Gasteiger partial charge in [0.15, 0.2) is 0 Å². The van der Waals surface area contributed by atoms with Crippen molar-refractivity contribution >= 4 is 11.7 Å². The Morgan fingerprint density at radius 3 is 1.00 bits per heavy atom. The fourth-order valence-electron chi connectivity index (χ4n) is 2.39. The topological polar surface area (TPSA) is 118 Å². The minimum absolute atomic E-state index is 0.127. The Morgan fingerprint density at radius 2 is 0.771 bits per heavy atom. The van der Waals surface area contributed by atoms with Gasteiger partial charge in [0.2, 0.25) is 0 Å². The maximum atomic E-state index is 14.0. The molecule has 2 aromatic rings. The van der Waals surface area contributed by atoms with E-state index in [9.17, 15) is 43.9 Å². The Bertz CT molecular complexity index is 1000. The summed E-state index contributed by atoms with van der Waals surface area (Å²) >= 11 is 0. The maximum Gasteiger partial charge on any atom is 0.471 e. The van der Waals surface area contributed by atoms with Crippen molar-refractivity contribution in [1.29, 1.82) is 10.8 Å². The first-order chi connectivity index (χ1) is 15.8. The molecule has 0 fully saturated rings. The van der Waals surface area contributed by atoms with Gasteiger partial charge in [-0.15, -0.1) is 0 Å². The van der Waals surface area contributed by atoms with Crippen molar-refractivity contribution in [3.63, 3.8) is 0 Å². The second-order valence-corrected chi connectivity index (χ2v) is 6.84. The number of halogens is 10. The van der Waals surface area contributed by atoms with Crippen molar-refractivity contribution in [2.24, 2.45) is 11.5 Å². The molecule has 0 aromatic heterocycles. The number of benzene rings is 2. The third-order valence-corrected chi connectivity index (χ3v) is 4.34. The number of amidine groups is 2. The van der Waals surface area contributed by atoms with Crippen LogP contribution in [0.25, 0.3) is 0 Å². The van der Waals surface area contributed by atoms with E-state index in [1.54, 1.807) is 0 Å². The molecule has 0 amide bonds. The largest absolute Gasteiger partial charge is 0.471 e. The lowest BCUT2D eigenvalue weighted by Crippen LogP contribution is -2.69. The molecular weight excluding hydrogens is 506 g/mol. The minimum Gasteiger partial charge on any atom is -0.428 e. The van der Waals surface area contributed by atoms with Gasteiger partial charge < -0.3 is 20.9 Å². The normalized spacial score (nSPS) is 13.3. The summed E-state index contributed by atoms with van der Waals surface area (Å²) < 4.78 is 147. The van der Waals surface area contributed by atoms with E-state index >= 15 is 0 Å². The van der Waals surface area contributed by atoms with E-state index in [4.69, 9.17) is 22.3 Å². The predicted octanol–water partition coefficient (Wildman–Crippen LogP) is 4.80. The summed E-state index contributed by atoms with van der Waals surface area (Å²) in [5.41, 5.74) is 9.90. The van der Waals surface area contributed by atoms with Crippen LogP contribution in [0, 0.1) is 10.8 Å². The zero-order valence-electron chi connectivity index (χ0n) is 16.9. The van der Waals surface area contributed by atoms with Crippen LogP contribution in [-0.2, 0) is 0 Å². The van der Waals surface area contributed by atoms with Gasteiger partial charge in [0.05, 0.1) is 0 Å². The van der Waals surface area contributed by atoms with Crippen LogP contribution < -0.4 is 20.9 Å². The number of nitrogen functional groups attached to an aromatic ring is 2. The summed E-state index contributed by atoms with van der Waals surface area (Å²) in [4.78, 5) is 0. The standard InChI is InChI=1S/C19H14F10N4O2/c20-15(21,16(22,23)18(26,27)34-11-5-1-9(2-6-11)13(30)31)17(24,25)19(28,29)35-12-7-3-10(4-8-12)14(32)33/h1-8H,(H3,30,31)(H3,32,33). The third kappa shape index (κ3) is 4.90. The van der Waals surface area contributed by atoms with Gasteiger partial charge in [-0.05, 0) is 48.5 Å². The summed E-state index contributed by atoms with van der Waals surface area (Å²) in [5, 5.41) is 14.2. The molecule has 0 aliphatic heterocycles. The van der Waals surface area contributed by atoms with Crippen LogP contribution in [0.3, 0.4) is 0 Å². The molecule has 0 saturated heterocycles. The fraction of sp³-hybridized carbons (Fsp3) is 0.263. The average molecular weight is 520 g/mol. The van der Waals surface area contributed by atoms with Gasteiger partial charge in [0.1, 0.15) is 23.2 Å². The number of rotatable bonds is 10. The SMILES string of the molecule is N=C(N)c1ccc(OC(F)(F)C(F)(F)C(F)(F)C(F)(F)C(F)(F)Oc2ccc(C(=N)N)cc2)cc1. The molecule has 35 heavy (non-hydrogen) atoms. The monoisotopic (exact) mass is 520 g/mol. The van der Waals surface area contributed by atoms with E-state index < -0.39 is 53.2 Å². The molecular formula is C19H14F10N4O2. The molecule has 0 aliphatic rings. The first kappa shape index (κ1) is 27.5. The second-order valence-electron chi connectivity index (χ2n) is 6.84. The zero-order chi connectivity index (χ0) is 27.0. The average Bonchev–Trinajstić information content (AvgIpc) is 2.73. The molecule has 6 nitrogen and oxygen atoms in total. The molecule has 0 heterocycles. The van der Waals surface area contributed by atoms with Gasteiger partial charge in [-0.25, -0.2) is 0 Å². The van der Waals surface area contributed by atoms with E-state index in [1.807, 2.05) is 0 Å². The van der Waals surface area contributed by atoms with Crippen LogP contribution in [0.1, 0.15) is 11.1 Å². The first-order valence-corrected chi connectivity index (χ1v) is 8.93. The molecule has 192 valence electrons. The maximum absolute atomic E-state index is 14.0. The van der Waals surface area contributed by atoms with E-state index in [2.05, 4.69) is 9.47 Å². The Morgan fingerprint density at radius 1 is 0.514 bits per heavy atom. The molecule has 0 aliphatic carbocycles. The second kappa shape index (κ2) is 8.81. The Balaban J connectivity index is 2.35. The highest BCUT2D eigenvalue weighted by molar-refractivity contribution is 5.95. The zero-order valence-corrected chi connectivity index (χ0v) is 16.9. The summed E-state index contributed by atoms with van der Waals surface area (Å²) in [7, 11) is 0. The number of hydrogen-bond donors (Lipinski definition) is 4. The number of hydrogen-bond acceptors (Lipinski definition) is 4. The molecule has 2 rings (SSSR count). The highest BCUT2D eigenvalue weighted by atomic mass is 19.4. The van der Waals surface area contributed by atoms with Crippen molar-refractivity contribution in [3.8, 4) is 11.5 Å². The lowest BCUT2D eigenvalue weighted by Gasteiger charge is -2.38. The van der Waals surface area contributed by atoms with Crippen molar-refractivity contribution in [2.45, 2.75) is 30.0 Å². The van der Waals surface area contributed by atoms with Crippen molar-refractivity contribution in [1.82, 2.24) is 0 Å². The molecule has 16 heteroatoms. The van der Waals surface area contributed by atoms with E-state index in [1.165, 1.54) is 0 Å². The molecule has 0 radical (unpaired) electrons. The van der Waals surface area contributed by atoms with E-state index in [0.717, 1.165) is 24.3 Å². The number of ether oxygens (including phenoxy) is 2. The predicted molar refractivity (Wildman–Crippen MR) is 101 cm³/mol. The van der Waals surface area contributed by atoms with Crippen LogP contribution in [0.5, 0.6) is 11.5 Å². The molecule has 6 N–H and O–H groups in total. The number of alkyl halides is 10. The van der Waals surface area contributed by atoms with Gasteiger partial charge in [0.25, 0.3) is 0 Å². The van der Waals surface area contributed by atoms with Gasteiger partial charge >= 0.3 is 30.0 Å². The van der Waals surface area contributed by atoms with Gasteiger partial charge in [-0.1, -0.05) is 0 Å². The van der Waals surface area contributed by atoms with E-state index in [0.29, 0.717) is 24.3 Å². The molecule has 2 aromatic carbocycles. The van der Waals surface area contributed by atoms with Gasteiger partial charge in [-0.3, -0.25) is 10.8 Å². The van der Waals surface area contributed by atoms with Crippen LogP contribution in [0.15, 0.2) is 48.5 Å². The smallest absolute Gasteiger partial charge is 0.428 e. The Hall–Kier alpha value is -3.72. The lowest BCUT2D eigenvalue weighted by molar-refractivity contribution is -0.451. The van der Waals surface area contributed by atoms with Crippen LogP contribution in [-0.4, -0.2) is 41.7 Å². The first-order valence-electron chi connectivity index (χ1n) is 8.93. The van der Waals surface area contributed by atoms with Crippen LogP contribution in [0.2, 0.25) is 0 Å². The Kier molecular flexibility index (Phi) is 6.93. The lowest BCUT2D eigenvalue weighted by atomic mass is 10.0. The number of nitrogens with one attached hydrogen (secondary N) is 2. The fourth-order valence-corrected chi connectivity index (χ4v) is 2.39. The molecule has 0 atom stereocenters. The van der Waals surface area contributed by atoms with Gasteiger partial charge in [0, 0.05) is 11.1 Å². The van der Waals surface area contributed by atoms with Crippen molar-refractivity contribution < 1.29 is 53.4 Å². The van der Waals surface area contributed by atoms with Crippen molar-refractivity contribution in [2.75, 3.05) is 0 Å². The summed E-state index contributed by atoms with van der Waals surface area (Å²) in [6.07, 6.45) is -12.9. The molecule has 0 unspecified atom stereocenters. The summed E-state index contributed by atoms with van der Waals surface area (Å²) in [6, 6.07) is 4.99. The van der Waals surface area contributed by atoms with Gasteiger partial charge in [-0.2, -0.15) is 43.9 Å². The summed E-state index contributed by atoms with van der Waals surface area (Å²) in [5.74, 6) is -25.5. The minimum atomic E-state index is -7.42. The van der Waals surface area contributed by atoms with Crippen molar-refractivity contribution in [3.05, 3.63) is 59.7 Å². The summed E-state index contributed by atoms with van der Waals surface area (Å²) in [6.45, 7) is 0. The molecule has 0 saturated carbocycles. The molecule has 0 bridgehead atoms. The third-order valence-electron chi connectivity index (χ3n) is 4.34. The van der Waals surface area contributed by atoms with E-state index in [-0.39, 0.29) is 11.1 Å². The Labute approximate surface area is 189 Å². The molecule has 0 spiro atoms. The highest BCUT2D eigenvalue weighted by Gasteiger charge is 2.89. The van der Waals surface area contributed by atoms with Crippen LogP contribution >= 0.6 is 0 Å². The van der Waals surface area contributed by atoms with Crippen LogP contribution in [0.4, 0.5) is 43.9 Å².